The lowest BCUT2D eigenvalue weighted by Gasteiger charge is -2.30. The third-order valence-corrected chi connectivity index (χ3v) is 6.25. The second-order valence-corrected chi connectivity index (χ2v) is 7.95. The van der Waals surface area contributed by atoms with E-state index in [9.17, 15) is 4.79 Å². The molecule has 1 aliphatic heterocycles. The Morgan fingerprint density at radius 1 is 1.14 bits per heavy atom. The molecule has 1 saturated heterocycles. The Morgan fingerprint density at radius 3 is 2.62 bits per heavy atom. The maximum absolute atomic E-state index is 12.8. The summed E-state index contributed by atoms with van der Waals surface area (Å²) in [6.45, 7) is 1.34. The van der Waals surface area contributed by atoms with Crippen LogP contribution in [0.1, 0.15) is 34.1 Å². The Balaban J connectivity index is 1.44. The highest BCUT2D eigenvalue weighted by molar-refractivity contribution is 7.14. The normalized spacial score (nSPS) is 14.8. The standard InChI is InChI=1S/C20H23N5O3S/c1-24-12-15(17(23-24)28-3)20(26)25-10-8-13(9-11-25)18-21-22-19(29-18)14-6-4-5-7-16(14)27-2/h4-7,12-13H,8-11H2,1-3H3. The SMILES string of the molecule is COc1ccccc1-c1nnc(C2CCN(C(=O)c3cn(C)nc3OC)CC2)s1. The number of aryl methyl sites for hydroxylation is 1. The van der Waals surface area contributed by atoms with Gasteiger partial charge in [0.05, 0.1) is 19.8 Å². The van der Waals surface area contributed by atoms with Crippen LogP contribution in [0.4, 0.5) is 0 Å². The molecular weight excluding hydrogens is 390 g/mol. The molecule has 3 aromatic rings. The summed E-state index contributed by atoms with van der Waals surface area (Å²) < 4.78 is 12.3. The van der Waals surface area contributed by atoms with Crippen molar-refractivity contribution >= 4 is 17.2 Å². The summed E-state index contributed by atoms with van der Waals surface area (Å²) >= 11 is 1.60. The number of hydrogen-bond donors (Lipinski definition) is 0. The number of piperidine rings is 1. The van der Waals surface area contributed by atoms with E-state index in [0.717, 1.165) is 34.2 Å². The number of amides is 1. The van der Waals surface area contributed by atoms with E-state index < -0.39 is 0 Å². The predicted molar refractivity (Wildman–Crippen MR) is 110 cm³/mol. The van der Waals surface area contributed by atoms with E-state index >= 15 is 0 Å². The number of rotatable bonds is 5. The van der Waals surface area contributed by atoms with Crippen LogP contribution in [0.15, 0.2) is 30.5 Å². The van der Waals surface area contributed by atoms with Gasteiger partial charge < -0.3 is 14.4 Å². The monoisotopic (exact) mass is 413 g/mol. The lowest BCUT2D eigenvalue weighted by molar-refractivity contribution is 0.0709. The molecule has 0 bridgehead atoms. The van der Waals surface area contributed by atoms with Crippen LogP contribution in [0.25, 0.3) is 10.6 Å². The fourth-order valence-corrected chi connectivity index (χ4v) is 4.64. The van der Waals surface area contributed by atoms with Crippen molar-refractivity contribution in [2.24, 2.45) is 7.05 Å². The van der Waals surface area contributed by atoms with Crippen molar-refractivity contribution in [1.82, 2.24) is 24.9 Å². The third-order valence-electron chi connectivity index (χ3n) is 5.13. The van der Waals surface area contributed by atoms with E-state index in [4.69, 9.17) is 9.47 Å². The molecule has 1 aromatic carbocycles. The Labute approximate surface area is 173 Å². The molecule has 1 aliphatic rings. The molecule has 0 aliphatic carbocycles. The van der Waals surface area contributed by atoms with Crippen molar-refractivity contribution in [3.8, 4) is 22.2 Å². The molecule has 1 amide bonds. The molecule has 29 heavy (non-hydrogen) atoms. The molecule has 3 heterocycles. The van der Waals surface area contributed by atoms with Gasteiger partial charge in [-0.25, -0.2) is 0 Å². The van der Waals surface area contributed by atoms with Gasteiger partial charge in [-0.3, -0.25) is 9.48 Å². The van der Waals surface area contributed by atoms with Crippen LogP contribution in [-0.2, 0) is 7.05 Å². The molecule has 0 atom stereocenters. The first-order chi connectivity index (χ1) is 14.1. The van der Waals surface area contributed by atoms with Gasteiger partial charge in [0.2, 0.25) is 5.88 Å². The summed E-state index contributed by atoms with van der Waals surface area (Å²) in [6.07, 6.45) is 3.42. The number of para-hydroxylation sites is 1. The number of likely N-dealkylation sites (tertiary alicyclic amines) is 1. The second kappa shape index (κ2) is 8.20. The van der Waals surface area contributed by atoms with Crippen LogP contribution in [0.2, 0.25) is 0 Å². The maximum atomic E-state index is 12.8. The number of nitrogens with zero attached hydrogens (tertiary/aromatic N) is 5. The van der Waals surface area contributed by atoms with E-state index in [-0.39, 0.29) is 5.91 Å². The highest BCUT2D eigenvalue weighted by Gasteiger charge is 2.29. The minimum atomic E-state index is -0.0413. The molecule has 1 fully saturated rings. The summed E-state index contributed by atoms with van der Waals surface area (Å²) in [5, 5.41) is 14.8. The van der Waals surface area contributed by atoms with E-state index in [0.29, 0.717) is 30.5 Å². The lowest BCUT2D eigenvalue weighted by Crippen LogP contribution is -2.37. The van der Waals surface area contributed by atoms with Crippen molar-refractivity contribution < 1.29 is 14.3 Å². The van der Waals surface area contributed by atoms with Crippen LogP contribution in [0.3, 0.4) is 0 Å². The van der Waals surface area contributed by atoms with Crippen molar-refractivity contribution in [2.45, 2.75) is 18.8 Å². The lowest BCUT2D eigenvalue weighted by atomic mass is 9.97. The average molecular weight is 414 g/mol. The number of methoxy groups -OCH3 is 2. The molecule has 0 radical (unpaired) electrons. The van der Waals surface area contributed by atoms with E-state index in [2.05, 4.69) is 15.3 Å². The average Bonchev–Trinajstić information content (AvgIpc) is 3.40. The summed E-state index contributed by atoms with van der Waals surface area (Å²) in [4.78, 5) is 14.7. The first-order valence-corrected chi connectivity index (χ1v) is 10.3. The highest BCUT2D eigenvalue weighted by Crippen LogP contribution is 2.37. The summed E-state index contributed by atoms with van der Waals surface area (Å²) in [6, 6.07) is 7.82. The number of hydrogen-bond acceptors (Lipinski definition) is 7. The number of benzene rings is 1. The van der Waals surface area contributed by atoms with Gasteiger partial charge in [-0.2, -0.15) is 0 Å². The van der Waals surface area contributed by atoms with Crippen molar-refractivity contribution in [1.29, 1.82) is 0 Å². The first-order valence-electron chi connectivity index (χ1n) is 9.44. The van der Waals surface area contributed by atoms with Crippen molar-refractivity contribution in [3.05, 3.63) is 41.0 Å². The predicted octanol–water partition coefficient (Wildman–Crippen LogP) is 2.98. The Hall–Kier alpha value is -2.94. The maximum Gasteiger partial charge on any atom is 0.260 e. The van der Waals surface area contributed by atoms with Gasteiger partial charge in [-0.15, -0.1) is 15.3 Å². The van der Waals surface area contributed by atoms with Crippen LogP contribution in [-0.4, -0.2) is 58.1 Å². The summed E-state index contributed by atoms with van der Waals surface area (Å²) in [5.41, 5.74) is 1.46. The van der Waals surface area contributed by atoms with Gasteiger partial charge in [0.25, 0.3) is 5.91 Å². The molecule has 0 unspecified atom stereocenters. The minimum absolute atomic E-state index is 0.0413. The summed E-state index contributed by atoms with van der Waals surface area (Å²) in [7, 11) is 4.96. The first kappa shape index (κ1) is 19.4. The molecule has 2 aromatic heterocycles. The molecule has 8 nitrogen and oxygen atoms in total. The topological polar surface area (TPSA) is 82.4 Å². The van der Waals surface area contributed by atoms with E-state index in [1.807, 2.05) is 29.2 Å². The van der Waals surface area contributed by atoms with Crippen LogP contribution in [0, 0.1) is 0 Å². The van der Waals surface area contributed by atoms with Crippen LogP contribution < -0.4 is 9.47 Å². The van der Waals surface area contributed by atoms with Gasteiger partial charge >= 0.3 is 0 Å². The molecule has 0 saturated carbocycles. The molecule has 152 valence electrons. The van der Waals surface area contributed by atoms with E-state index in [1.165, 1.54) is 7.11 Å². The minimum Gasteiger partial charge on any atom is -0.496 e. The van der Waals surface area contributed by atoms with Gasteiger partial charge in [-0.1, -0.05) is 23.5 Å². The second-order valence-electron chi connectivity index (χ2n) is 6.94. The molecule has 9 heteroatoms. The number of ether oxygens (including phenoxy) is 2. The highest BCUT2D eigenvalue weighted by atomic mass is 32.1. The van der Waals surface area contributed by atoms with Gasteiger partial charge in [0.1, 0.15) is 16.3 Å². The largest absolute Gasteiger partial charge is 0.496 e. The molecule has 4 rings (SSSR count). The molecule has 0 spiro atoms. The van der Waals surface area contributed by atoms with Crippen LogP contribution in [0.5, 0.6) is 11.6 Å². The van der Waals surface area contributed by atoms with Gasteiger partial charge in [0, 0.05) is 32.3 Å². The van der Waals surface area contributed by atoms with Gasteiger partial charge in [-0.05, 0) is 25.0 Å². The number of aromatic nitrogens is 4. The zero-order chi connectivity index (χ0) is 20.4. The Kier molecular flexibility index (Phi) is 5.48. The smallest absolute Gasteiger partial charge is 0.260 e. The molecule has 0 N–H and O–H groups in total. The van der Waals surface area contributed by atoms with Crippen molar-refractivity contribution in [2.75, 3.05) is 27.3 Å². The zero-order valence-corrected chi connectivity index (χ0v) is 17.5. The number of carbonyl (C=O) groups excluding carboxylic acids is 1. The van der Waals surface area contributed by atoms with Crippen molar-refractivity contribution in [3.63, 3.8) is 0 Å². The third kappa shape index (κ3) is 3.82. The van der Waals surface area contributed by atoms with Crippen LogP contribution >= 0.6 is 11.3 Å². The summed E-state index contributed by atoms with van der Waals surface area (Å²) in [5.74, 6) is 1.42. The van der Waals surface area contributed by atoms with Gasteiger partial charge in [0.15, 0.2) is 5.01 Å². The van der Waals surface area contributed by atoms with E-state index in [1.54, 1.807) is 36.4 Å². The zero-order valence-electron chi connectivity index (χ0n) is 16.7. The Morgan fingerprint density at radius 2 is 1.90 bits per heavy atom. The fraction of sp³-hybridized carbons (Fsp3) is 0.400. The number of carbonyl (C=O) groups is 1. The molecular formula is C20H23N5O3S. The quantitative estimate of drug-likeness (QED) is 0.640. The Bertz CT molecular complexity index is 1010. The fourth-order valence-electron chi connectivity index (χ4n) is 3.60.